The van der Waals surface area contributed by atoms with Crippen molar-refractivity contribution in [2.24, 2.45) is 17.8 Å². The van der Waals surface area contributed by atoms with Gasteiger partial charge in [0, 0.05) is 0 Å². The first kappa shape index (κ1) is 11.9. The molecule has 3 heteroatoms. The molecule has 2 fully saturated rings. The smallest absolute Gasteiger partial charge is 0.306 e. The van der Waals surface area contributed by atoms with Crippen LogP contribution in [0.5, 0.6) is 0 Å². The highest BCUT2D eigenvalue weighted by Gasteiger charge is 2.42. The Morgan fingerprint density at radius 2 is 2.00 bits per heavy atom. The second-order valence-electron chi connectivity index (χ2n) is 5.44. The lowest BCUT2D eigenvalue weighted by Gasteiger charge is -2.21. The average Bonchev–Trinajstić information content (AvgIpc) is 3.05. The number of carboxylic acid groups (broad SMARTS) is 1. The topological polar surface area (TPSA) is 49.3 Å². The van der Waals surface area contributed by atoms with Crippen molar-refractivity contribution in [1.82, 2.24) is 5.32 Å². The molecule has 92 valence electrons. The van der Waals surface area contributed by atoms with E-state index in [2.05, 4.69) is 5.32 Å². The highest BCUT2D eigenvalue weighted by Crippen LogP contribution is 2.37. The summed E-state index contributed by atoms with van der Waals surface area (Å²) < 4.78 is 0. The summed E-state index contributed by atoms with van der Waals surface area (Å²) in [5.74, 6) is 0.667. The first-order chi connectivity index (χ1) is 7.77. The van der Waals surface area contributed by atoms with Gasteiger partial charge in [-0.1, -0.05) is 32.1 Å². The Balaban J connectivity index is 1.48. The van der Waals surface area contributed by atoms with Gasteiger partial charge < -0.3 is 10.4 Å². The highest BCUT2D eigenvalue weighted by molar-refractivity contribution is 5.73. The molecular weight excluding hydrogens is 202 g/mol. The van der Waals surface area contributed by atoms with E-state index < -0.39 is 5.97 Å². The molecule has 2 aliphatic carbocycles. The number of carbonyl (C=O) groups is 1. The molecular formula is C13H23NO2. The maximum absolute atomic E-state index is 10.6. The Hall–Kier alpha value is -0.570. The summed E-state index contributed by atoms with van der Waals surface area (Å²) >= 11 is 0. The molecule has 0 aromatic carbocycles. The van der Waals surface area contributed by atoms with Crippen molar-refractivity contribution < 1.29 is 9.90 Å². The van der Waals surface area contributed by atoms with Crippen molar-refractivity contribution in [3.8, 4) is 0 Å². The molecule has 0 aromatic heterocycles. The van der Waals surface area contributed by atoms with Gasteiger partial charge in [-0.3, -0.25) is 4.79 Å². The van der Waals surface area contributed by atoms with Gasteiger partial charge in [0.1, 0.15) is 0 Å². The van der Waals surface area contributed by atoms with Crippen LogP contribution >= 0.6 is 0 Å². The Morgan fingerprint density at radius 1 is 1.25 bits per heavy atom. The lowest BCUT2D eigenvalue weighted by Crippen LogP contribution is -2.22. The molecule has 2 N–H and O–H groups in total. The minimum Gasteiger partial charge on any atom is -0.481 e. The first-order valence-corrected chi connectivity index (χ1v) is 6.71. The molecule has 16 heavy (non-hydrogen) atoms. The predicted molar refractivity (Wildman–Crippen MR) is 63.3 cm³/mol. The average molecular weight is 225 g/mol. The van der Waals surface area contributed by atoms with E-state index in [1.165, 1.54) is 38.5 Å². The molecule has 2 rings (SSSR count). The number of hydrogen-bond acceptors (Lipinski definition) is 2. The molecule has 3 nitrogen and oxygen atoms in total. The van der Waals surface area contributed by atoms with Gasteiger partial charge in [-0.15, -0.1) is 0 Å². The van der Waals surface area contributed by atoms with Crippen LogP contribution in [0, 0.1) is 17.8 Å². The molecule has 2 saturated carbocycles. The second kappa shape index (κ2) is 5.67. The molecule has 0 amide bonds. The third-order valence-corrected chi connectivity index (χ3v) is 4.10. The van der Waals surface area contributed by atoms with Crippen molar-refractivity contribution in [1.29, 1.82) is 0 Å². The molecule has 2 atom stereocenters. The predicted octanol–water partition coefficient (Wildman–Crippen LogP) is 2.27. The van der Waals surface area contributed by atoms with E-state index in [-0.39, 0.29) is 5.92 Å². The third-order valence-electron chi connectivity index (χ3n) is 4.10. The van der Waals surface area contributed by atoms with E-state index in [9.17, 15) is 4.79 Å². The summed E-state index contributed by atoms with van der Waals surface area (Å²) in [7, 11) is 0. The highest BCUT2D eigenvalue weighted by atomic mass is 16.4. The molecule has 0 saturated heterocycles. The summed E-state index contributed by atoms with van der Waals surface area (Å²) in [4.78, 5) is 10.6. The first-order valence-electron chi connectivity index (χ1n) is 6.71. The van der Waals surface area contributed by atoms with Crippen LogP contribution in [-0.2, 0) is 4.79 Å². The van der Waals surface area contributed by atoms with E-state index in [0.29, 0.717) is 5.92 Å². The fraction of sp³-hybridized carbons (Fsp3) is 0.923. The maximum Gasteiger partial charge on any atom is 0.306 e. The van der Waals surface area contributed by atoms with E-state index in [1.807, 2.05) is 0 Å². The van der Waals surface area contributed by atoms with Crippen LogP contribution in [0.3, 0.4) is 0 Å². The van der Waals surface area contributed by atoms with Crippen molar-refractivity contribution in [3.05, 3.63) is 0 Å². The summed E-state index contributed by atoms with van der Waals surface area (Å²) in [5, 5.41) is 12.2. The van der Waals surface area contributed by atoms with Gasteiger partial charge in [-0.2, -0.15) is 0 Å². The summed E-state index contributed by atoms with van der Waals surface area (Å²) in [5.41, 5.74) is 0. The maximum atomic E-state index is 10.6. The van der Waals surface area contributed by atoms with E-state index in [0.717, 1.165) is 25.4 Å². The normalized spacial score (nSPS) is 30.2. The fourth-order valence-electron chi connectivity index (χ4n) is 2.85. The van der Waals surface area contributed by atoms with Gasteiger partial charge in [0.05, 0.1) is 5.92 Å². The Bertz CT molecular complexity index is 236. The zero-order valence-corrected chi connectivity index (χ0v) is 9.95. The number of nitrogens with one attached hydrogen (secondary N) is 1. The van der Waals surface area contributed by atoms with Gasteiger partial charge in [0.25, 0.3) is 0 Å². The Morgan fingerprint density at radius 3 is 2.62 bits per heavy atom. The van der Waals surface area contributed by atoms with Crippen LogP contribution < -0.4 is 5.32 Å². The molecule has 0 spiro atoms. The van der Waals surface area contributed by atoms with E-state index in [4.69, 9.17) is 5.11 Å². The second-order valence-corrected chi connectivity index (χ2v) is 5.44. The van der Waals surface area contributed by atoms with E-state index in [1.54, 1.807) is 0 Å². The summed E-state index contributed by atoms with van der Waals surface area (Å²) in [6, 6.07) is 0. The van der Waals surface area contributed by atoms with Crippen molar-refractivity contribution in [2.75, 3.05) is 13.1 Å². The van der Waals surface area contributed by atoms with Crippen molar-refractivity contribution in [2.45, 2.75) is 44.9 Å². The summed E-state index contributed by atoms with van der Waals surface area (Å²) in [6.45, 7) is 1.98. The number of aliphatic carboxylic acids is 1. The van der Waals surface area contributed by atoms with Gasteiger partial charge in [-0.05, 0) is 37.8 Å². The van der Waals surface area contributed by atoms with Crippen molar-refractivity contribution in [3.63, 3.8) is 0 Å². The summed E-state index contributed by atoms with van der Waals surface area (Å²) in [6.07, 6.45) is 9.22. The van der Waals surface area contributed by atoms with E-state index >= 15 is 0 Å². The zero-order chi connectivity index (χ0) is 11.4. The molecule has 0 heterocycles. The molecule has 2 unspecified atom stereocenters. The zero-order valence-electron chi connectivity index (χ0n) is 9.95. The van der Waals surface area contributed by atoms with Crippen LogP contribution in [0.25, 0.3) is 0 Å². The number of rotatable bonds is 6. The van der Waals surface area contributed by atoms with Crippen LogP contribution in [0.15, 0.2) is 0 Å². The van der Waals surface area contributed by atoms with Crippen LogP contribution in [0.2, 0.25) is 0 Å². The minimum atomic E-state index is -0.612. The Kier molecular flexibility index (Phi) is 4.22. The molecule has 0 aromatic rings. The number of hydrogen-bond donors (Lipinski definition) is 2. The van der Waals surface area contributed by atoms with Gasteiger partial charge in [0.15, 0.2) is 0 Å². The third kappa shape index (κ3) is 3.48. The van der Waals surface area contributed by atoms with Crippen LogP contribution in [0.4, 0.5) is 0 Å². The lowest BCUT2D eigenvalue weighted by atomic mass is 9.87. The largest absolute Gasteiger partial charge is 0.481 e. The monoisotopic (exact) mass is 225 g/mol. The van der Waals surface area contributed by atoms with Gasteiger partial charge in [0.2, 0.25) is 0 Å². The molecule has 0 bridgehead atoms. The van der Waals surface area contributed by atoms with Crippen molar-refractivity contribution >= 4 is 5.97 Å². The van der Waals surface area contributed by atoms with Crippen LogP contribution in [0.1, 0.15) is 44.9 Å². The lowest BCUT2D eigenvalue weighted by molar-refractivity contribution is -0.138. The molecule has 0 radical (unpaired) electrons. The number of carboxylic acids is 1. The minimum absolute atomic E-state index is 0.0535. The SMILES string of the molecule is O=C(O)C1CC1CNCCC1CCCCC1. The Labute approximate surface area is 97.6 Å². The standard InChI is InChI=1S/C13H23NO2/c15-13(16)12-8-11(12)9-14-7-6-10-4-2-1-3-5-10/h10-12,14H,1-9H2,(H,15,16). The van der Waals surface area contributed by atoms with Gasteiger partial charge in [-0.25, -0.2) is 0 Å². The fourth-order valence-corrected chi connectivity index (χ4v) is 2.85. The van der Waals surface area contributed by atoms with Crippen LogP contribution in [-0.4, -0.2) is 24.2 Å². The van der Waals surface area contributed by atoms with Gasteiger partial charge >= 0.3 is 5.97 Å². The quantitative estimate of drug-likeness (QED) is 0.682. The molecule has 0 aliphatic heterocycles. The molecule has 2 aliphatic rings.